The molecule has 0 atom stereocenters. The number of nitrogens with one attached hydrogen (secondary N) is 1. The number of carbonyl (C=O) groups is 1. The average molecular weight is 365 g/mol. The summed E-state index contributed by atoms with van der Waals surface area (Å²) >= 11 is 0. The van der Waals surface area contributed by atoms with Gasteiger partial charge in [-0.1, -0.05) is 18.2 Å². The van der Waals surface area contributed by atoms with Gasteiger partial charge in [0, 0.05) is 11.8 Å². The summed E-state index contributed by atoms with van der Waals surface area (Å²) in [5.74, 6) is -0.701. The van der Waals surface area contributed by atoms with Crippen molar-refractivity contribution in [2.45, 2.75) is 13.8 Å². The molecule has 0 saturated heterocycles. The first-order chi connectivity index (χ1) is 12.9. The number of rotatable bonds is 4. The second-order valence-corrected chi connectivity index (χ2v) is 6.13. The lowest BCUT2D eigenvalue weighted by molar-refractivity contribution is 0.101. The van der Waals surface area contributed by atoms with Gasteiger partial charge in [-0.3, -0.25) is 9.59 Å². The maximum Gasteiger partial charge on any atom is 0.279 e. The summed E-state index contributed by atoms with van der Waals surface area (Å²) < 4.78 is 6.27. The standard InChI is InChI=1S/C20H19N3O4/c1-12-8-13(2)10-14(9-12)21-20(26)19-16(24)11-18(25)23(22-19)15-6-4-5-7-17(15)27-3/h4-11,24H,1-3H3,(H,21,26). The summed E-state index contributed by atoms with van der Waals surface area (Å²) in [6.07, 6.45) is 0. The topological polar surface area (TPSA) is 93.5 Å². The monoisotopic (exact) mass is 365 g/mol. The van der Waals surface area contributed by atoms with Crippen molar-refractivity contribution in [1.82, 2.24) is 9.78 Å². The lowest BCUT2D eigenvalue weighted by Crippen LogP contribution is -2.25. The molecule has 0 fully saturated rings. The van der Waals surface area contributed by atoms with E-state index in [2.05, 4.69) is 10.4 Å². The molecule has 1 amide bonds. The van der Waals surface area contributed by atoms with E-state index in [9.17, 15) is 14.7 Å². The fourth-order valence-corrected chi connectivity index (χ4v) is 2.82. The highest BCUT2D eigenvalue weighted by molar-refractivity contribution is 6.04. The molecule has 0 aliphatic rings. The van der Waals surface area contributed by atoms with E-state index in [0.29, 0.717) is 17.1 Å². The summed E-state index contributed by atoms with van der Waals surface area (Å²) in [4.78, 5) is 24.9. The van der Waals surface area contributed by atoms with E-state index >= 15 is 0 Å². The molecule has 7 heteroatoms. The maximum absolute atomic E-state index is 12.6. The van der Waals surface area contributed by atoms with Crippen molar-refractivity contribution in [2.75, 3.05) is 12.4 Å². The number of ether oxygens (including phenoxy) is 1. The first-order valence-electron chi connectivity index (χ1n) is 8.25. The molecule has 1 aromatic heterocycles. The first kappa shape index (κ1) is 18.2. The van der Waals surface area contributed by atoms with Crippen LogP contribution in [0.5, 0.6) is 11.5 Å². The van der Waals surface area contributed by atoms with Gasteiger partial charge in [0.2, 0.25) is 0 Å². The average Bonchev–Trinajstić information content (AvgIpc) is 2.61. The Morgan fingerprint density at radius 3 is 2.44 bits per heavy atom. The summed E-state index contributed by atoms with van der Waals surface area (Å²) in [5.41, 5.74) is 2.07. The number of hydrogen-bond donors (Lipinski definition) is 2. The number of aryl methyl sites for hydroxylation is 2. The van der Waals surface area contributed by atoms with Crippen LogP contribution < -0.4 is 15.6 Å². The molecule has 2 aromatic carbocycles. The van der Waals surface area contributed by atoms with Crippen LogP contribution in [-0.2, 0) is 0 Å². The summed E-state index contributed by atoms with van der Waals surface area (Å²) in [6, 6.07) is 13.3. The predicted octanol–water partition coefficient (Wildman–Crippen LogP) is 2.82. The van der Waals surface area contributed by atoms with Gasteiger partial charge in [0.25, 0.3) is 11.5 Å². The Hall–Kier alpha value is -3.61. The van der Waals surface area contributed by atoms with Crippen molar-refractivity contribution in [3.8, 4) is 17.2 Å². The Bertz CT molecular complexity index is 1050. The summed E-state index contributed by atoms with van der Waals surface area (Å²) in [6.45, 7) is 3.83. The lowest BCUT2D eigenvalue weighted by atomic mass is 10.1. The molecule has 0 unspecified atom stereocenters. The van der Waals surface area contributed by atoms with Crippen molar-refractivity contribution in [3.63, 3.8) is 0 Å². The Balaban J connectivity index is 2.03. The fraction of sp³-hybridized carbons (Fsp3) is 0.150. The van der Waals surface area contributed by atoms with E-state index in [1.165, 1.54) is 7.11 Å². The normalized spacial score (nSPS) is 10.5. The van der Waals surface area contributed by atoms with E-state index in [1.807, 2.05) is 19.9 Å². The molecule has 0 radical (unpaired) electrons. The Kier molecular flexibility index (Phi) is 4.94. The number of aromatic hydroxyl groups is 1. The zero-order chi connectivity index (χ0) is 19.6. The second kappa shape index (κ2) is 7.33. The van der Waals surface area contributed by atoms with Crippen LogP contribution in [0.2, 0.25) is 0 Å². The smallest absolute Gasteiger partial charge is 0.279 e. The molecule has 2 N–H and O–H groups in total. The minimum Gasteiger partial charge on any atom is -0.505 e. The molecular formula is C20H19N3O4. The number of methoxy groups -OCH3 is 1. The van der Waals surface area contributed by atoms with Gasteiger partial charge in [-0.05, 0) is 49.2 Å². The number of anilines is 1. The molecular weight excluding hydrogens is 346 g/mol. The van der Waals surface area contributed by atoms with Crippen LogP contribution in [0, 0.1) is 13.8 Å². The third-order valence-corrected chi connectivity index (χ3v) is 3.92. The highest BCUT2D eigenvalue weighted by atomic mass is 16.5. The highest BCUT2D eigenvalue weighted by Gasteiger charge is 2.18. The highest BCUT2D eigenvalue weighted by Crippen LogP contribution is 2.22. The van der Waals surface area contributed by atoms with Gasteiger partial charge in [0.1, 0.15) is 11.4 Å². The number of hydrogen-bond acceptors (Lipinski definition) is 5. The van der Waals surface area contributed by atoms with Crippen LogP contribution in [0.1, 0.15) is 21.6 Å². The Morgan fingerprint density at radius 2 is 1.78 bits per heavy atom. The minimum absolute atomic E-state index is 0.264. The minimum atomic E-state index is -0.624. The maximum atomic E-state index is 12.6. The third-order valence-electron chi connectivity index (χ3n) is 3.92. The van der Waals surface area contributed by atoms with Gasteiger partial charge in [0.05, 0.1) is 7.11 Å². The number of aromatic nitrogens is 2. The van der Waals surface area contributed by atoms with Gasteiger partial charge < -0.3 is 15.2 Å². The Labute approximate surface area is 155 Å². The lowest BCUT2D eigenvalue weighted by Gasteiger charge is -2.12. The van der Waals surface area contributed by atoms with Gasteiger partial charge in [0.15, 0.2) is 11.4 Å². The molecule has 0 aliphatic heterocycles. The van der Waals surface area contributed by atoms with E-state index < -0.39 is 17.2 Å². The van der Waals surface area contributed by atoms with Gasteiger partial charge in [-0.2, -0.15) is 9.78 Å². The largest absolute Gasteiger partial charge is 0.505 e. The summed E-state index contributed by atoms with van der Waals surface area (Å²) in [5, 5.41) is 16.8. The molecule has 0 saturated carbocycles. The van der Waals surface area contributed by atoms with Crippen LogP contribution in [0.4, 0.5) is 5.69 Å². The molecule has 27 heavy (non-hydrogen) atoms. The van der Waals surface area contributed by atoms with E-state index in [4.69, 9.17) is 4.74 Å². The van der Waals surface area contributed by atoms with E-state index in [0.717, 1.165) is 21.9 Å². The second-order valence-electron chi connectivity index (χ2n) is 6.13. The third kappa shape index (κ3) is 3.82. The van der Waals surface area contributed by atoms with Crippen molar-refractivity contribution in [3.05, 3.63) is 75.7 Å². The number of nitrogens with zero attached hydrogens (tertiary/aromatic N) is 2. The number of amides is 1. The van der Waals surface area contributed by atoms with E-state index in [-0.39, 0.29) is 5.69 Å². The van der Waals surface area contributed by atoms with Gasteiger partial charge in [-0.15, -0.1) is 0 Å². The summed E-state index contributed by atoms with van der Waals surface area (Å²) in [7, 11) is 1.47. The van der Waals surface area contributed by atoms with Crippen molar-refractivity contribution in [1.29, 1.82) is 0 Å². The number of para-hydroxylation sites is 2. The fourth-order valence-electron chi connectivity index (χ4n) is 2.82. The zero-order valence-corrected chi connectivity index (χ0v) is 15.2. The first-order valence-corrected chi connectivity index (χ1v) is 8.25. The molecule has 0 bridgehead atoms. The van der Waals surface area contributed by atoms with Crippen LogP contribution in [0.25, 0.3) is 5.69 Å². The van der Waals surface area contributed by atoms with Gasteiger partial charge in [-0.25, -0.2) is 0 Å². The van der Waals surface area contributed by atoms with E-state index in [1.54, 1.807) is 36.4 Å². The molecule has 0 spiro atoms. The SMILES string of the molecule is COc1ccccc1-n1nc(C(=O)Nc2cc(C)cc(C)c2)c(O)cc1=O. The molecule has 3 rings (SSSR count). The quantitative estimate of drug-likeness (QED) is 0.742. The van der Waals surface area contributed by atoms with Gasteiger partial charge >= 0.3 is 0 Å². The Morgan fingerprint density at radius 1 is 1.11 bits per heavy atom. The number of benzene rings is 2. The number of carbonyl (C=O) groups excluding carboxylic acids is 1. The van der Waals surface area contributed by atoms with Crippen molar-refractivity contribution >= 4 is 11.6 Å². The molecule has 0 aliphatic carbocycles. The van der Waals surface area contributed by atoms with Crippen LogP contribution in [-0.4, -0.2) is 27.9 Å². The van der Waals surface area contributed by atoms with Crippen molar-refractivity contribution < 1.29 is 14.6 Å². The van der Waals surface area contributed by atoms with Crippen LogP contribution in [0.3, 0.4) is 0 Å². The predicted molar refractivity (Wildman–Crippen MR) is 102 cm³/mol. The zero-order valence-electron chi connectivity index (χ0n) is 15.2. The molecule has 7 nitrogen and oxygen atoms in total. The van der Waals surface area contributed by atoms with Crippen molar-refractivity contribution in [2.24, 2.45) is 0 Å². The molecule has 3 aromatic rings. The van der Waals surface area contributed by atoms with Crippen LogP contribution >= 0.6 is 0 Å². The molecule has 1 heterocycles. The molecule has 138 valence electrons. The van der Waals surface area contributed by atoms with Crippen LogP contribution in [0.15, 0.2) is 53.3 Å².